The summed E-state index contributed by atoms with van der Waals surface area (Å²) < 4.78 is 4.20. The molecule has 3 aromatic heterocycles. The molecule has 0 aliphatic heterocycles. The zero-order chi connectivity index (χ0) is 11.4. The van der Waals surface area contributed by atoms with E-state index < -0.39 is 0 Å². The summed E-state index contributed by atoms with van der Waals surface area (Å²) in [7, 11) is 1.64. The van der Waals surface area contributed by atoms with Crippen molar-refractivity contribution >= 4 is 28.6 Å². The van der Waals surface area contributed by atoms with E-state index >= 15 is 0 Å². The average molecular weight is 239 g/mol. The summed E-state index contributed by atoms with van der Waals surface area (Å²) in [6, 6.07) is 0. The van der Waals surface area contributed by atoms with Crippen LogP contribution in [0.4, 0.5) is 0 Å². The lowest BCUT2D eigenvalue weighted by molar-refractivity contribution is 0.855. The van der Waals surface area contributed by atoms with E-state index in [1.165, 1.54) is 10.8 Å². The molecule has 3 rings (SSSR count). The third-order valence-electron chi connectivity index (χ3n) is 2.52. The largest absolute Gasteiger partial charge is 0.279 e. The second-order valence-corrected chi connectivity index (χ2v) is 3.85. The molecule has 7 nitrogen and oxygen atoms in total. The van der Waals surface area contributed by atoms with Gasteiger partial charge in [-0.15, -0.1) is 15.3 Å². The minimum Gasteiger partial charge on any atom is -0.279 e. The van der Waals surface area contributed by atoms with Crippen molar-refractivity contribution in [2.45, 2.75) is 6.92 Å². The summed E-state index contributed by atoms with van der Waals surface area (Å²) in [5, 5.41) is 12.3. The standard InChI is InChI=1S/C8H7ClN6O/c1-4-10-11-8-13(2)7(16)5-3-14(9)12-6(5)15(4)8/h3H,1-2H3. The Bertz CT molecular complexity index is 766. The second kappa shape index (κ2) is 2.82. The van der Waals surface area contributed by atoms with Crippen LogP contribution in [0.5, 0.6) is 0 Å². The molecule has 0 fully saturated rings. The Morgan fingerprint density at radius 1 is 1.38 bits per heavy atom. The van der Waals surface area contributed by atoms with Crippen LogP contribution in [0, 0.1) is 6.92 Å². The molecule has 0 aliphatic carbocycles. The van der Waals surface area contributed by atoms with Crippen LogP contribution >= 0.6 is 11.8 Å². The van der Waals surface area contributed by atoms with Gasteiger partial charge in [0.1, 0.15) is 11.2 Å². The first-order chi connectivity index (χ1) is 7.59. The van der Waals surface area contributed by atoms with Crippen molar-refractivity contribution < 1.29 is 0 Å². The van der Waals surface area contributed by atoms with Crippen molar-refractivity contribution in [2.75, 3.05) is 0 Å². The molecule has 0 N–H and O–H groups in total. The molecule has 82 valence electrons. The van der Waals surface area contributed by atoms with Crippen LogP contribution in [-0.2, 0) is 7.05 Å². The van der Waals surface area contributed by atoms with Crippen LogP contribution in [0.25, 0.3) is 16.8 Å². The van der Waals surface area contributed by atoms with E-state index in [2.05, 4.69) is 15.3 Å². The monoisotopic (exact) mass is 238 g/mol. The summed E-state index contributed by atoms with van der Waals surface area (Å²) in [6.45, 7) is 1.79. The molecular weight excluding hydrogens is 232 g/mol. The lowest BCUT2D eigenvalue weighted by atomic mass is 10.4. The van der Waals surface area contributed by atoms with Crippen molar-refractivity contribution in [1.82, 2.24) is 28.5 Å². The highest BCUT2D eigenvalue weighted by Crippen LogP contribution is 2.12. The van der Waals surface area contributed by atoms with Gasteiger partial charge in [0.2, 0.25) is 5.78 Å². The van der Waals surface area contributed by atoms with Crippen LogP contribution < -0.4 is 5.56 Å². The number of aromatic nitrogens is 6. The first kappa shape index (κ1) is 9.34. The van der Waals surface area contributed by atoms with Crippen molar-refractivity contribution in [2.24, 2.45) is 7.05 Å². The number of rotatable bonds is 0. The van der Waals surface area contributed by atoms with E-state index in [0.29, 0.717) is 22.6 Å². The van der Waals surface area contributed by atoms with Crippen LogP contribution in [0.1, 0.15) is 5.82 Å². The maximum absolute atomic E-state index is 11.9. The number of hydrogen-bond donors (Lipinski definition) is 0. The van der Waals surface area contributed by atoms with Gasteiger partial charge < -0.3 is 0 Å². The fourth-order valence-electron chi connectivity index (χ4n) is 1.74. The van der Waals surface area contributed by atoms with Crippen molar-refractivity contribution in [3.63, 3.8) is 0 Å². The number of aryl methyl sites for hydroxylation is 2. The molecular formula is C8H7ClN6O. The van der Waals surface area contributed by atoms with Gasteiger partial charge in [-0.2, -0.15) is 4.20 Å². The van der Waals surface area contributed by atoms with Gasteiger partial charge >= 0.3 is 0 Å². The minimum atomic E-state index is -0.193. The first-order valence-corrected chi connectivity index (χ1v) is 4.89. The SMILES string of the molecule is Cc1nnc2n(C)c(=O)c3cn(Cl)nc3n12. The summed E-state index contributed by atoms with van der Waals surface area (Å²) in [5.74, 6) is 1.11. The Hall–Kier alpha value is -1.89. The molecule has 0 unspecified atom stereocenters. The Labute approximate surface area is 94.0 Å². The van der Waals surface area contributed by atoms with E-state index in [-0.39, 0.29) is 5.56 Å². The molecule has 0 aliphatic rings. The normalized spacial score (nSPS) is 11.7. The van der Waals surface area contributed by atoms with Crippen molar-refractivity contribution in [3.05, 3.63) is 22.4 Å². The fourth-order valence-corrected chi connectivity index (χ4v) is 1.91. The van der Waals surface area contributed by atoms with Crippen molar-refractivity contribution in [3.8, 4) is 0 Å². The Morgan fingerprint density at radius 3 is 2.88 bits per heavy atom. The average Bonchev–Trinajstić information content (AvgIpc) is 2.78. The van der Waals surface area contributed by atoms with E-state index in [9.17, 15) is 4.79 Å². The molecule has 0 aromatic carbocycles. The molecule has 0 atom stereocenters. The maximum atomic E-state index is 11.9. The summed E-state index contributed by atoms with van der Waals surface area (Å²) >= 11 is 5.73. The van der Waals surface area contributed by atoms with E-state index in [4.69, 9.17) is 11.8 Å². The number of nitrogens with zero attached hydrogens (tertiary/aromatic N) is 6. The Kier molecular flexibility index (Phi) is 1.65. The molecule has 16 heavy (non-hydrogen) atoms. The van der Waals surface area contributed by atoms with Gasteiger partial charge in [0.15, 0.2) is 5.65 Å². The van der Waals surface area contributed by atoms with Gasteiger partial charge in [-0.05, 0) is 6.92 Å². The van der Waals surface area contributed by atoms with Gasteiger partial charge in [0.25, 0.3) is 5.56 Å². The van der Waals surface area contributed by atoms with Crippen LogP contribution in [-0.4, -0.2) is 28.5 Å². The van der Waals surface area contributed by atoms with Gasteiger partial charge in [-0.1, -0.05) is 0 Å². The highest BCUT2D eigenvalue weighted by Gasteiger charge is 2.15. The lowest BCUT2D eigenvalue weighted by Crippen LogP contribution is -2.19. The smallest absolute Gasteiger partial charge is 0.265 e. The zero-order valence-corrected chi connectivity index (χ0v) is 9.30. The zero-order valence-electron chi connectivity index (χ0n) is 8.55. The van der Waals surface area contributed by atoms with Crippen LogP contribution in [0.15, 0.2) is 11.0 Å². The van der Waals surface area contributed by atoms with Gasteiger partial charge in [0.05, 0.1) is 6.20 Å². The first-order valence-electron chi connectivity index (χ1n) is 4.56. The van der Waals surface area contributed by atoms with E-state index in [0.717, 1.165) is 4.20 Å². The Morgan fingerprint density at radius 2 is 2.12 bits per heavy atom. The van der Waals surface area contributed by atoms with E-state index in [1.807, 2.05) is 0 Å². The summed E-state index contributed by atoms with van der Waals surface area (Å²) in [6.07, 6.45) is 1.47. The topological polar surface area (TPSA) is 70.0 Å². The molecule has 0 amide bonds. The molecule has 3 aromatic rings. The molecule has 0 bridgehead atoms. The summed E-state index contributed by atoms with van der Waals surface area (Å²) in [4.78, 5) is 11.9. The maximum Gasteiger partial charge on any atom is 0.265 e. The summed E-state index contributed by atoms with van der Waals surface area (Å²) in [5.41, 5.74) is 0.275. The van der Waals surface area contributed by atoms with Gasteiger partial charge in [0, 0.05) is 18.8 Å². The minimum absolute atomic E-state index is 0.193. The molecule has 0 saturated heterocycles. The third-order valence-corrected chi connectivity index (χ3v) is 2.69. The lowest BCUT2D eigenvalue weighted by Gasteiger charge is -2.00. The highest BCUT2D eigenvalue weighted by molar-refractivity contribution is 6.15. The van der Waals surface area contributed by atoms with Crippen LogP contribution in [0.2, 0.25) is 0 Å². The predicted octanol–water partition coefficient (Wildman–Crippen LogP) is 0.0880. The highest BCUT2D eigenvalue weighted by atomic mass is 35.5. The second-order valence-electron chi connectivity index (χ2n) is 3.50. The fraction of sp³-hybridized carbons (Fsp3) is 0.250. The van der Waals surface area contributed by atoms with Gasteiger partial charge in [-0.3, -0.25) is 9.36 Å². The number of fused-ring (bicyclic) bond motifs is 3. The molecule has 3 heterocycles. The van der Waals surface area contributed by atoms with Crippen LogP contribution in [0.3, 0.4) is 0 Å². The number of hydrogen-bond acceptors (Lipinski definition) is 4. The quantitative estimate of drug-likeness (QED) is 0.557. The molecule has 0 radical (unpaired) electrons. The molecule has 0 saturated carbocycles. The number of halogens is 1. The van der Waals surface area contributed by atoms with Crippen molar-refractivity contribution in [1.29, 1.82) is 0 Å². The third kappa shape index (κ3) is 0.977. The Balaban J connectivity index is 2.76. The van der Waals surface area contributed by atoms with E-state index in [1.54, 1.807) is 18.4 Å². The molecule has 0 spiro atoms. The predicted molar refractivity (Wildman–Crippen MR) is 57.5 cm³/mol. The molecule has 8 heteroatoms. The van der Waals surface area contributed by atoms with Gasteiger partial charge in [-0.25, -0.2) is 4.40 Å².